The quantitative estimate of drug-likeness (QED) is 0.788. The Bertz CT molecular complexity index is 680. The number of rotatable bonds is 6. The molecule has 1 N–H and O–H groups in total. The maximum atomic E-state index is 13.0. The minimum atomic E-state index is -0.0705. The number of carbonyl (C=O) groups is 2. The van der Waals surface area contributed by atoms with Gasteiger partial charge in [0.15, 0.2) is 0 Å². The third-order valence-electron chi connectivity index (χ3n) is 5.90. The zero-order valence-electron chi connectivity index (χ0n) is 17.0. The summed E-state index contributed by atoms with van der Waals surface area (Å²) in [6.45, 7) is 7.66. The Morgan fingerprint density at radius 2 is 1.75 bits per heavy atom. The van der Waals surface area contributed by atoms with E-state index >= 15 is 0 Å². The summed E-state index contributed by atoms with van der Waals surface area (Å²) in [7, 11) is 0. The van der Waals surface area contributed by atoms with Crippen LogP contribution in [0.3, 0.4) is 0 Å². The van der Waals surface area contributed by atoms with E-state index in [0.29, 0.717) is 42.1 Å². The largest absolute Gasteiger partial charge is 0.354 e. The van der Waals surface area contributed by atoms with E-state index in [4.69, 9.17) is 11.6 Å². The van der Waals surface area contributed by atoms with E-state index in [1.807, 2.05) is 17.0 Å². The summed E-state index contributed by atoms with van der Waals surface area (Å²) >= 11 is 6.19. The highest BCUT2D eigenvalue weighted by Gasteiger charge is 2.37. The fourth-order valence-electron chi connectivity index (χ4n) is 4.37. The van der Waals surface area contributed by atoms with Crippen LogP contribution in [-0.4, -0.2) is 60.4 Å². The number of amides is 2. The van der Waals surface area contributed by atoms with Gasteiger partial charge < -0.3 is 10.2 Å². The van der Waals surface area contributed by atoms with Gasteiger partial charge in [-0.3, -0.25) is 14.5 Å². The molecule has 0 radical (unpaired) electrons. The van der Waals surface area contributed by atoms with Crippen molar-refractivity contribution in [3.8, 4) is 0 Å². The van der Waals surface area contributed by atoms with Crippen LogP contribution in [0.1, 0.15) is 49.9 Å². The van der Waals surface area contributed by atoms with Crippen LogP contribution in [-0.2, 0) is 4.79 Å². The summed E-state index contributed by atoms with van der Waals surface area (Å²) < 4.78 is 0. The van der Waals surface area contributed by atoms with Gasteiger partial charge in [0, 0.05) is 32.7 Å². The molecule has 1 atom stereocenters. The molecule has 28 heavy (non-hydrogen) atoms. The molecule has 3 rings (SSSR count). The number of piperazine rings is 1. The van der Waals surface area contributed by atoms with Gasteiger partial charge in [-0.1, -0.05) is 50.4 Å². The normalized spacial score (nSPS) is 19.8. The van der Waals surface area contributed by atoms with Gasteiger partial charge in [0.2, 0.25) is 5.91 Å². The van der Waals surface area contributed by atoms with Crippen molar-refractivity contribution in [2.45, 2.75) is 45.6 Å². The second kappa shape index (κ2) is 9.75. The number of halogens is 1. The Balaban J connectivity index is 1.63. The van der Waals surface area contributed by atoms with Crippen LogP contribution in [0.5, 0.6) is 0 Å². The maximum Gasteiger partial charge on any atom is 0.255 e. The van der Waals surface area contributed by atoms with E-state index in [1.165, 1.54) is 12.8 Å². The molecule has 2 amide bonds. The molecule has 1 aromatic rings. The van der Waals surface area contributed by atoms with Crippen LogP contribution < -0.4 is 5.32 Å². The fourth-order valence-corrected chi connectivity index (χ4v) is 4.59. The number of benzene rings is 1. The molecular formula is C22H32ClN3O2. The third kappa shape index (κ3) is 5.06. The Morgan fingerprint density at radius 1 is 1.11 bits per heavy atom. The van der Waals surface area contributed by atoms with E-state index in [0.717, 1.165) is 25.9 Å². The SMILES string of the molecule is CC(C)CNC(=O)C(C1CCCC1)N1CCN(C(=O)c2ccccc2Cl)CC1. The predicted octanol–water partition coefficient (Wildman–Crippen LogP) is 3.43. The highest BCUT2D eigenvalue weighted by Crippen LogP contribution is 2.31. The Kier molecular flexibility index (Phi) is 7.36. The number of nitrogens with zero attached hydrogens (tertiary/aromatic N) is 2. The molecule has 2 fully saturated rings. The van der Waals surface area contributed by atoms with Gasteiger partial charge in [0.05, 0.1) is 16.6 Å². The second-order valence-corrected chi connectivity index (χ2v) is 8.84. The molecule has 154 valence electrons. The molecule has 0 aromatic heterocycles. The minimum absolute atomic E-state index is 0.0214. The van der Waals surface area contributed by atoms with E-state index in [2.05, 4.69) is 24.1 Å². The van der Waals surface area contributed by atoms with Gasteiger partial charge in [0.25, 0.3) is 5.91 Å². The highest BCUT2D eigenvalue weighted by atomic mass is 35.5. The summed E-state index contributed by atoms with van der Waals surface area (Å²) in [5, 5.41) is 3.64. The van der Waals surface area contributed by atoms with E-state index in [-0.39, 0.29) is 17.9 Å². The number of carbonyl (C=O) groups excluding carboxylic acids is 2. The van der Waals surface area contributed by atoms with Crippen LogP contribution in [0.2, 0.25) is 5.02 Å². The van der Waals surface area contributed by atoms with Gasteiger partial charge in [-0.15, -0.1) is 0 Å². The summed E-state index contributed by atoms with van der Waals surface area (Å²) in [6, 6.07) is 7.13. The maximum absolute atomic E-state index is 13.0. The zero-order valence-corrected chi connectivity index (χ0v) is 17.8. The van der Waals surface area contributed by atoms with Crippen LogP contribution in [0.15, 0.2) is 24.3 Å². The molecule has 0 spiro atoms. The summed E-state index contributed by atoms with van der Waals surface area (Å²) in [6.07, 6.45) is 4.67. The van der Waals surface area contributed by atoms with Crippen molar-refractivity contribution in [3.05, 3.63) is 34.9 Å². The first-order valence-electron chi connectivity index (χ1n) is 10.5. The Morgan fingerprint density at radius 3 is 2.36 bits per heavy atom. The first kappa shape index (κ1) is 21.1. The average Bonchev–Trinajstić information content (AvgIpc) is 3.21. The summed E-state index contributed by atoms with van der Waals surface area (Å²) in [4.78, 5) is 29.9. The lowest BCUT2D eigenvalue weighted by atomic mass is 9.94. The van der Waals surface area contributed by atoms with Crippen molar-refractivity contribution in [2.24, 2.45) is 11.8 Å². The van der Waals surface area contributed by atoms with Crippen molar-refractivity contribution < 1.29 is 9.59 Å². The van der Waals surface area contributed by atoms with Crippen molar-refractivity contribution >= 4 is 23.4 Å². The molecule has 0 bridgehead atoms. The van der Waals surface area contributed by atoms with Crippen molar-refractivity contribution in [3.63, 3.8) is 0 Å². The first-order valence-corrected chi connectivity index (χ1v) is 10.9. The lowest BCUT2D eigenvalue weighted by molar-refractivity contribution is -0.129. The Labute approximate surface area is 173 Å². The molecule has 1 aromatic carbocycles. The Hall–Kier alpha value is -1.59. The monoisotopic (exact) mass is 405 g/mol. The molecule has 1 heterocycles. The fraction of sp³-hybridized carbons (Fsp3) is 0.636. The van der Waals surface area contributed by atoms with Crippen molar-refractivity contribution in [2.75, 3.05) is 32.7 Å². The topological polar surface area (TPSA) is 52.7 Å². The predicted molar refractivity (Wildman–Crippen MR) is 113 cm³/mol. The molecule has 5 nitrogen and oxygen atoms in total. The van der Waals surface area contributed by atoms with Crippen molar-refractivity contribution in [1.82, 2.24) is 15.1 Å². The number of hydrogen-bond acceptors (Lipinski definition) is 3. The van der Waals surface area contributed by atoms with Gasteiger partial charge in [-0.25, -0.2) is 0 Å². The molecule has 6 heteroatoms. The molecule has 2 aliphatic rings. The first-order chi connectivity index (χ1) is 13.5. The molecule has 1 aliphatic carbocycles. The molecule has 1 saturated carbocycles. The van der Waals surface area contributed by atoms with E-state index in [1.54, 1.807) is 12.1 Å². The third-order valence-corrected chi connectivity index (χ3v) is 6.23. The van der Waals surface area contributed by atoms with E-state index in [9.17, 15) is 9.59 Å². The molecule has 1 aliphatic heterocycles. The van der Waals surface area contributed by atoms with Crippen molar-refractivity contribution in [1.29, 1.82) is 0 Å². The van der Waals surface area contributed by atoms with Crippen LogP contribution >= 0.6 is 11.6 Å². The highest BCUT2D eigenvalue weighted by molar-refractivity contribution is 6.33. The van der Waals surface area contributed by atoms with Crippen LogP contribution in [0, 0.1) is 11.8 Å². The van der Waals surface area contributed by atoms with Crippen LogP contribution in [0.25, 0.3) is 0 Å². The number of nitrogens with one attached hydrogen (secondary N) is 1. The standard InChI is InChI=1S/C22H32ClN3O2/c1-16(2)15-24-21(27)20(17-7-3-4-8-17)25-11-13-26(14-12-25)22(28)18-9-5-6-10-19(18)23/h5-6,9-10,16-17,20H,3-4,7-8,11-15H2,1-2H3,(H,24,27). The smallest absolute Gasteiger partial charge is 0.255 e. The van der Waals surface area contributed by atoms with Gasteiger partial charge in [-0.05, 0) is 36.8 Å². The second-order valence-electron chi connectivity index (χ2n) is 8.44. The minimum Gasteiger partial charge on any atom is -0.354 e. The lowest BCUT2D eigenvalue weighted by Crippen LogP contribution is -2.58. The van der Waals surface area contributed by atoms with E-state index < -0.39 is 0 Å². The summed E-state index contributed by atoms with van der Waals surface area (Å²) in [5.74, 6) is 1.01. The van der Waals surface area contributed by atoms with Gasteiger partial charge in [-0.2, -0.15) is 0 Å². The molecular weight excluding hydrogens is 374 g/mol. The van der Waals surface area contributed by atoms with Crippen LogP contribution in [0.4, 0.5) is 0 Å². The molecule has 1 unspecified atom stereocenters. The lowest BCUT2D eigenvalue weighted by Gasteiger charge is -2.41. The van der Waals surface area contributed by atoms with Gasteiger partial charge >= 0.3 is 0 Å². The zero-order chi connectivity index (χ0) is 20.1. The summed E-state index contributed by atoms with van der Waals surface area (Å²) in [5.41, 5.74) is 0.555. The number of hydrogen-bond donors (Lipinski definition) is 1. The van der Waals surface area contributed by atoms with Gasteiger partial charge in [0.1, 0.15) is 0 Å². The molecule has 1 saturated heterocycles. The average molecular weight is 406 g/mol.